The predicted molar refractivity (Wildman–Crippen MR) is 107 cm³/mol. The number of aryl methyl sites for hydroxylation is 2. The molecule has 0 aliphatic heterocycles. The summed E-state index contributed by atoms with van der Waals surface area (Å²) in [6.45, 7) is 12.0. The summed E-state index contributed by atoms with van der Waals surface area (Å²) in [5, 5.41) is 2.94. The number of carbonyl (C=O) groups is 1. The molecule has 0 aliphatic rings. The van der Waals surface area contributed by atoms with Crippen molar-refractivity contribution in [1.82, 2.24) is 0 Å². The van der Waals surface area contributed by atoms with Crippen molar-refractivity contribution >= 4 is 11.6 Å². The first kappa shape index (κ1) is 19.8. The van der Waals surface area contributed by atoms with E-state index in [1.54, 1.807) is 7.11 Å². The maximum atomic E-state index is 11.9. The summed E-state index contributed by atoms with van der Waals surface area (Å²) in [4.78, 5) is 11.9. The van der Waals surface area contributed by atoms with Gasteiger partial charge in [0, 0.05) is 11.6 Å². The third kappa shape index (κ3) is 4.57. The van der Waals surface area contributed by atoms with Crippen molar-refractivity contribution < 1.29 is 14.3 Å². The largest absolute Gasteiger partial charge is 0.493 e. The second kappa shape index (κ2) is 8.26. The van der Waals surface area contributed by atoms with Gasteiger partial charge in [0.1, 0.15) is 5.75 Å². The van der Waals surface area contributed by atoms with Crippen LogP contribution in [0.3, 0.4) is 0 Å². The van der Waals surface area contributed by atoms with Gasteiger partial charge in [-0.2, -0.15) is 0 Å². The summed E-state index contributed by atoms with van der Waals surface area (Å²) in [6, 6.07) is 9.88. The second-order valence-electron chi connectivity index (χ2n) is 7.25. The molecule has 140 valence electrons. The monoisotopic (exact) mass is 355 g/mol. The highest BCUT2D eigenvalue weighted by atomic mass is 16.5. The van der Waals surface area contributed by atoms with E-state index in [-0.39, 0.29) is 11.8 Å². The zero-order chi connectivity index (χ0) is 19.4. The van der Waals surface area contributed by atoms with Gasteiger partial charge in [0.25, 0.3) is 0 Å². The topological polar surface area (TPSA) is 47.6 Å². The summed E-state index contributed by atoms with van der Waals surface area (Å²) < 4.78 is 11.7. The first-order valence-electron chi connectivity index (χ1n) is 9.00. The van der Waals surface area contributed by atoms with Gasteiger partial charge in [0.05, 0.1) is 7.11 Å². The van der Waals surface area contributed by atoms with Crippen molar-refractivity contribution in [2.75, 3.05) is 12.4 Å². The number of anilines is 1. The van der Waals surface area contributed by atoms with Crippen LogP contribution in [0.2, 0.25) is 0 Å². The Morgan fingerprint density at radius 3 is 2.08 bits per heavy atom. The molecule has 0 saturated carbocycles. The second-order valence-corrected chi connectivity index (χ2v) is 7.25. The van der Waals surface area contributed by atoms with Crippen LogP contribution >= 0.6 is 0 Å². The van der Waals surface area contributed by atoms with Crippen molar-refractivity contribution in [3.63, 3.8) is 0 Å². The molecule has 0 bridgehead atoms. The van der Waals surface area contributed by atoms with E-state index in [4.69, 9.17) is 9.47 Å². The number of hydrogen-bond donors (Lipinski definition) is 1. The summed E-state index contributed by atoms with van der Waals surface area (Å²) in [7, 11) is 1.65. The van der Waals surface area contributed by atoms with Crippen LogP contribution in [0.4, 0.5) is 5.69 Å². The maximum absolute atomic E-state index is 11.9. The van der Waals surface area contributed by atoms with E-state index < -0.39 is 0 Å². The van der Waals surface area contributed by atoms with Gasteiger partial charge >= 0.3 is 0 Å². The molecule has 0 spiro atoms. The smallest absolute Gasteiger partial charge is 0.226 e. The molecule has 2 aromatic rings. The third-order valence-corrected chi connectivity index (χ3v) is 4.32. The van der Waals surface area contributed by atoms with Crippen molar-refractivity contribution in [3.8, 4) is 17.2 Å². The van der Waals surface area contributed by atoms with Gasteiger partial charge in [-0.3, -0.25) is 4.79 Å². The number of amides is 1. The van der Waals surface area contributed by atoms with Crippen LogP contribution in [-0.2, 0) is 4.79 Å². The molecule has 4 nitrogen and oxygen atoms in total. The number of methoxy groups -OCH3 is 1. The van der Waals surface area contributed by atoms with Crippen molar-refractivity contribution in [2.24, 2.45) is 5.92 Å². The standard InChI is InChI=1S/C22H29NO3/c1-13(2)17-8-9-19(20(12-17)25-7)26-21-15(5)10-18(11-16(21)6)23-22(24)14(3)4/h8-14H,1-7H3,(H,23,24). The normalized spacial score (nSPS) is 11.0. The Bertz CT molecular complexity index is 771. The molecule has 0 aromatic heterocycles. The van der Waals surface area contributed by atoms with Crippen LogP contribution in [0.15, 0.2) is 30.3 Å². The van der Waals surface area contributed by atoms with Crippen molar-refractivity contribution in [2.45, 2.75) is 47.5 Å². The number of nitrogens with one attached hydrogen (secondary N) is 1. The zero-order valence-corrected chi connectivity index (χ0v) is 16.8. The fourth-order valence-electron chi connectivity index (χ4n) is 2.71. The van der Waals surface area contributed by atoms with E-state index in [2.05, 4.69) is 25.2 Å². The Labute approximate surface area is 156 Å². The summed E-state index contributed by atoms with van der Waals surface area (Å²) in [5.41, 5.74) is 3.90. The van der Waals surface area contributed by atoms with Crippen LogP contribution in [0.5, 0.6) is 17.2 Å². The molecule has 1 amide bonds. The number of carbonyl (C=O) groups excluding carboxylic acids is 1. The molecule has 0 atom stereocenters. The minimum absolute atomic E-state index is 0.00316. The van der Waals surface area contributed by atoms with E-state index in [9.17, 15) is 4.79 Å². The van der Waals surface area contributed by atoms with Gasteiger partial charge in [-0.1, -0.05) is 33.8 Å². The van der Waals surface area contributed by atoms with Crippen LogP contribution in [0.25, 0.3) is 0 Å². The Morgan fingerprint density at radius 2 is 1.58 bits per heavy atom. The summed E-state index contributed by atoms with van der Waals surface area (Å²) in [6.07, 6.45) is 0. The van der Waals surface area contributed by atoms with E-state index in [1.807, 2.05) is 52.0 Å². The lowest BCUT2D eigenvalue weighted by molar-refractivity contribution is -0.118. The maximum Gasteiger partial charge on any atom is 0.226 e. The van der Waals surface area contributed by atoms with E-state index in [0.717, 1.165) is 22.6 Å². The fraction of sp³-hybridized carbons (Fsp3) is 0.409. The molecule has 0 fully saturated rings. The Kier molecular flexibility index (Phi) is 6.30. The highest BCUT2D eigenvalue weighted by Gasteiger charge is 2.14. The minimum Gasteiger partial charge on any atom is -0.493 e. The zero-order valence-electron chi connectivity index (χ0n) is 16.8. The van der Waals surface area contributed by atoms with Gasteiger partial charge in [0.2, 0.25) is 5.91 Å². The number of hydrogen-bond acceptors (Lipinski definition) is 3. The molecule has 0 heterocycles. The van der Waals surface area contributed by atoms with Crippen LogP contribution in [0, 0.1) is 19.8 Å². The fourth-order valence-corrected chi connectivity index (χ4v) is 2.71. The number of benzene rings is 2. The quantitative estimate of drug-likeness (QED) is 0.710. The van der Waals surface area contributed by atoms with Crippen molar-refractivity contribution in [1.29, 1.82) is 0 Å². The lowest BCUT2D eigenvalue weighted by atomic mass is 10.0. The molecule has 4 heteroatoms. The van der Waals surface area contributed by atoms with Crippen molar-refractivity contribution in [3.05, 3.63) is 47.0 Å². The van der Waals surface area contributed by atoms with Gasteiger partial charge in [-0.15, -0.1) is 0 Å². The van der Waals surface area contributed by atoms with Crippen LogP contribution in [0.1, 0.15) is 50.3 Å². The molecule has 1 N–H and O–H groups in total. The highest BCUT2D eigenvalue weighted by molar-refractivity contribution is 5.92. The molecular formula is C22H29NO3. The van der Waals surface area contributed by atoms with Gasteiger partial charge < -0.3 is 14.8 Å². The number of rotatable bonds is 6. The van der Waals surface area contributed by atoms with E-state index in [1.165, 1.54) is 5.56 Å². The summed E-state index contributed by atoms with van der Waals surface area (Å²) in [5.74, 6) is 2.54. The van der Waals surface area contributed by atoms with E-state index >= 15 is 0 Å². The average Bonchev–Trinajstić information content (AvgIpc) is 2.57. The molecule has 2 aromatic carbocycles. The Balaban J connectivity index is 2.31. The van der Waals surface area contributed by atoms with Gasteiger partial charge in [-0.25, -0.2) is 0 Å². The van der Waals surface area contributed by atoms with Crippen LogP contribution < -0.4 is 14.8 Å². The lowest BCUT2D eigenvalue weighted by Crippen LogP contribution is -2.17. The highest BCUT2D eigenvalue weighted by Crippen LogP contribution is 2.37. The van der Waals surface area contributed by atoms with Crippen LogP contribution in [-0.4, -0.2) is 13.0 Å². The first-order chi connectivity index (χ1) is 12.2. The summed E-state index contributed by atoms with van der Waals surface area (Å²) >= 11 is 0. The molecule has 0 unspecified atom stereocenters. The van der Waals surface area contributed by atoms with Gasteiger partial charge in [-0.05, 0) is 60.7 Å². The Hall–Kier alpha value is -2.49. The molecule has 0 saturated heterocycles. The average molecular weight is 355 g/mol. The molecular weight excluding hydrogens is 326 g/mol. The lowest BCUT2D eigenvalue weighted by Gasteiger charge is -2.17. The van der Waals surface area contributed by atoms with Gasteiger partial charge in [0.15, 0.2) is 11.5 Å². The molecule has 26 heavy (non-hydrogen) atoms. The molecule has 0 radical (unpaired) electrons. The minimum atomic E-state index is -0.0599. The molecule has 0 aliphatic carbocycles. The Morgan fingerprint density at radius 1 is 0.962 bits per heavy atom. The molecule has 2 rings (SSSR count). The predicted octanol–water partition coefficient (Wildman–Crippen LogP) is 5.82. The first-order valence-corrected chi connectivity index (χ1v) is 9.00. The number of ether oxygens (including phenoxy) is 2. The SMILES string of the molecule is COc1cc(C(C)C)ccc1Oc1c(C)cc(NC(=O)C(C)C)cc1C. The van der Waals surface area contributed by atoms with E-state index in [0.29, 0.717) is 17.4 Å². The third-order valence-electron chi connectivity index (χ3n) is 4.32.